The predicted molar refractivity (Wildman–Crippen MR) is 93.4 cm³/mol. The van der Waals surface area contributed by atoms with Crippen molar-refractivity contribution in [2.24, 2.45) is 7.05 Å². The van der Waals surface area contributed by atoms with E-state index in [0.717, 1.165) is 22.1 Å². The smallest absolute Gasteiger partial charge is 0.251 e. The van der Waals surface area contributed by atoms with E-state index in [2.05, 4.69) is 5.32 Å². The molecule has 1 heterocycles. The highest BCUT2D eigenvalue weighted by molar-refractivity contribution is 5.94. The van der Waals surface area contributed by atoms with Crippen molar-refractivity contribution in [2.45, 2.75) is 6.54 Å². The van der Waals surface area contributed by atoms with Gasteiger partial charge in [0, 0.05) is 31.4 Å². The Kier molecular flexibility index (Phi) is 4.33. The van der Waals surface area contributed by atoms with Crippen molar-refractivity contribution in [1.29, 1.82) is 0 Å². The Hall–Kier alpha value is -3.08. The van der Waals surface area contributed by atoms with Crippen LogP contribution >= 0.6 is 0 Å². The zero-order valence-electron chi connectivity index (χ0n) is 13.6. The van der Waals surface area contributed by atoms with Gasteiger partial charge in [0.05, 0.1) is 7.11 Å². The maximum Gasteiger partial charge on any atom is 0.251 e. The number of benzene rings is 2. The standard InChI is InChI=1S/C19H18N2O3/c1-21-8-7-16(11-18(21)22)19(23)20-12-13-3-4-15-10-17(24-2)6-5-14(15)9-13/h3-11H,12H2,1-2H3,(H,20,23). The number of hydrogen-bond acceptors (Lipinski definition) is 3. The van der Waals surface area contributed by atoms with Crippen molar-refractivity contribution in [2.75, 3.05) is 7.11 Å². The molecule has 0 aliphatic heterocycles. The summed E-state index contributed by atoms with van der Waals surface area (Å²) in [6.45, 7) is 0.399. The van der Waals surface area contributed by atoms with Crippen molar-refractivity contribution in [1.82, 2.24) is 9.88 Å². The maximum absolute atomic E-state index is 12.2. The van der Waals surface area contributed by atoms with Crippen molar-refractivity contribution in [3.05, 3.63) is 76.2 Å². The number of ether oxygens (including phenoxy) is 1. The molecule has 0 unspecified atom stereocenters. The second-order valence-electron chi connectivity index (χ2n) is 5.59. The Morgan fingerprint density at radius 2 is 1.83 bits per heavy atom. The number of hydrogen-bond donors (Lipinski definition) is 1. The molecule has 0 saturated carbocycles. The second-order valence-corrected chi connectivity index (χ2v) is 5.59. The minimum atomic E-state index is -0.262. The minimum Gasteiger partial charge on any atom is -0.497 e. The molecular weight excluding hydrogens is 304 g/mol. The molecule has 1 aromatic heterocycles. The first-order chi connectivity index (χ1) is 11.6. The summed E-state index contributed by atoms with van der Waals surface area (Å²) in [5, 5.41) is 5.00. The third-order valence-corrected chi connectivity index (χ3v) is 3.93. The molecule has 0 fully saturated rings. The largest absolute Gasteiger partial charge is 0.497 e. The lowest BCUT2D eigenvalue weighted by Crippen LogP contribution is -2.25. The molecule has 24 heavy (non-hydrogen) atoms. The SMILES string of the molecule is COc1ccc2cc(CNC(=O)c3ccn(C)c(=O)c3)ccc2c1. The fourth-order valence-electron chi connectivity index (χ4n) is 2.48. The van der Waals surface area contributed by atoms with Crippen LogP contribution in [0.3, 0.4) is 0 Å². The predicted octanol–water partition coefficient (Wildman–Crippen LogP) is 2.48. The number of nitrogens with one attached hydrogen (secondary N) is 1. The lowest BCUT2D eigenvalue weighted by Gasteiger charge is -2.08. The van der Waals surface area contributed by atoms with Gasteiger partial charge >= 0.3 is 0 Å². The number of aromatic nitrogens is 1. The third kappa shape index (κ3) is 3.30. The number of pyridine rings is 1. The van der Waals surface area contributed by atoms with Gasteiger partial charge in [-0.25, -0.2) is 0 Å². The molecule has 5 nitrogen and oxygen atoms in total. The quantitative estimate of drug-likeness (QED) is 0.803. The molecule has 0 saturated heterocycles. The molecule has 0 radical (unpaired) electrons. The van der Waals surface area contributed by atoms with Gasteiger partial charge in [0.2, 0.25) is 0 Å². The van der Waals surface area contributed by atoms with Crippen LogP contribution in [0.4, 0.5) is 0 Å². The van der Waals surface area contributed by atoms with E-state index < -0.39 is 0 Å². The molecular formula is C19H18N2O3. The number of carbonyl (C=O) groups excluding carboxylic acids is 1. The van der Waals surface area contributed by atoms with Gasteiger partial charge in [-0.3, -0.25) is 9.59 Å². The molecule has 3 rings (SSSR count). The average molecular weight is 322 g/mol. The first-order valence-corrected chi connectivity index (χ1v) is 7.58. The van der Waals surface area contributed by atoms with E-state index in [1.807, 2.05) is 36.4 Å². The number of carbonyl (C=O) groups is 1. The van der Waals surface area contributed by atoms with Crippen LogP contribution in [0.15, 0.2) is 59.5 Å². The number of methoxy groups -OCH3 is 1. The molecule has 122 valence electrons. The lowest BCUT2D eigenvalue weighted by molar-refractivity contribution is 0.0950. The zero-order valence-corrected chi connectivity index (χ0v) is 13.6. The summed E-state index contributed by atoms with van der Waals surface area (Å²) >= 11 is 0. The summed E-state index contributed by atoms with van der Waals surface area (Å²) in [7, 11) is 3.29. The van der Waals surface area contributed by atoms with E-state index in [-0.39, 0.29) is 11.5 Å². The normalized spacial score (nSPS) is 10.6. The van der Waals surface area contributed by atoms with Gasteiger partial charge < -0.3 is 14.6 Å². The highest BCUT2D eigenvalue weighted by atomic mass is 16.5. The summed E-state index contributed by atoms with van der Waals surface area (Å²) in [6, 6.07) is 14.8. The Morgan fingerprint density at radius 1 is 1.08 bits per heavy atom. The number of amides is 1. The van der Waals surface area contributed by atoms with Gasteiger partial charge in [0.1, 0.15) is 5.75 Å². The maximum atomic E-state index is 12.2. The molecule has 0 spiro atoms. The summed E-state index contributed by atoms with van der Waals surface area (Å²) in [6.07, 6.45) is 1.58. The summed E-state index contributed by atoms with van der Waals surface area (Å²) < 4.78 is 6.64. The van der Waals surface area contributed by atoms with Gasteiger partial charge in [-0.1, -0.05) is 18.2 Å². The van der Waals surface area contributed by atoms with E-state index >= 15 is 0 Å². The fraction of sp³-hybridized carbons (Fsp3) is 0.158. The minimum absolute atomic E-state index is 0.206. The molecule has 1 N–H and O–H groups in total. The highest BCUT2D eigenvalue weighted by Crippen LogP contribution is 2.21. The van der Waals surface area contributed by atoms with Crippen LogP contribution in [0.25, 0.3) is 10.8 Å². The number of rotatable bonds is 4. The number of fused-ring (bicyclic) bond motifs is 1. The zero-order chi connectivity index (χ0) is 17.1. The van der Waals surface area contributed by atoms with E-state index in [0.29, 0.717) is 12.1 Å². The molecule has 5 heteroatoms. The van der Waals surface area contributed by atoms with Crippen LogP contribution in [0.2, 0.25) is 0 Å². The molecule has 0 aliphatic carbocycles. The van der Waals surface area contributed by atoms with Gasteiger partial charge in [0.15, 0.2) is 0 Å². The van der Waals surface area contributed by atoms with Gasteiger partial charge in [0.25, 0.3) is 11.5 Å². The van der Waals surface area contributed by atoms with Crippen LogP contribution in [0, 0.1) is 0 Å². The molecule has 0 bridgehead atoms. The second kappa shape index (κ2) is 6.58. The van der Waals surface area contributed by atoms with E-state index in [4.69, 9.17) is 4.74 Å². The van der Waals surface area contributed by atoms with E-state index in [9.17, 15) is 9.59 Å². The summed E-state index contributed by atoms with van der Waals surface area (Å²) in [5.74, 6) is 0.553. The van der Waals surface area contributed by atoms with Crippen molar-refractivity contribution < 1.29 is 9.53 Å². The van der Waals surface area contributed by atoms with Gasteiger partial charge in [-0.05, 0) is 40.6 Å². The Bertz CT molecular complexity index is 960. The monoisotopic (exact) mass is 322 g/mol. The van der Waals surface area contributed by atoms with Crippen LogP contribution in [-0.2, 0) is 13.6 Å². The molecule has 3 aromatic rings. The lowest BCUT2D eigenvalue weighted by atomic mass is 10.1. The van der Waals surface area contributed by atoms with Crippen molar-refractivity contribution in [3.63, 3.8) is 0 Å². The molecule has 1 amide bonds. The van der Waals surface area contributed by atoms with Gasteiger partial charge in [-0.15, -0.1) is 0 Å². The van der Waals surface area contributed by atoms with E-state index in [1.165, 1.54) is 10.6 Å². The average Bonchev–Trinajstić information content (AvgIpc) is 2.61. The van der Waals surface area contributed by atoms with Crippen molar-refractivity contribution >= 4 is 16.7 Å². The van der Waals surface area contributed by atoms with Crippen LogP contribution < -0.4 is 15.6 Å². The fourth-order valence-corrected chi connectivity index (χ4v) is 2.48. The van der Waals surface area contributed by atoms with E-state index in [1.54, 1.807) is 26.4 Å². The third-order valence-electron chi connectivity index (χ3n) is 3.93. The van der Waals surface area contributed by atoms with Crippen LogP contribution in [0.5, 0.6) is 5.75 Å². The van der Waals surface area contributed by atoms with Gasteiger partial charge in [-0.2, -0.15) is 0 Å². The Labute approximate surface area is 139 Å². The number of nitrogens with zero attached hydrogens (tertiary/aromatic N) is 1. The molecule has 0 aliphatic rings. The summed E-state index contributed by atoms with van der Waals surface area (Å²) in [5.41, 5.74) is 1.15. The van der Waals surface area contributed by atoms with Crippen LogP contribution in [-0.4, -0.2) is 17.6 Å². The summed E-state index contributed by atoms with van der Waals surface area (Å²) in [4.78, 5) is 23.7. The molecule has 2 aromatic carbocycles. The Balaban J connectivity index is 1.74. The topological polar surface area (TPSA) is 60.3 Å². The molecule has 0 atom stereocenters. The Morgan fingerprint density at radius 3 is 2.58 bits per heavy atom. The first-order valence-electron chi connectivity index (χ1n) is 7.58. The van der Waals surface area contributed by atoms with Crippen molar-refractivity contribution in [3.8, 4) is 5.75 Å². The number of aryl methyl sites for hydroxylation is 1. The first kappa shape index (κ1) is 15.8. The highest BCUT2D eigenvalue weighted by Gasteiger charge is 2.07. The van der Waals surface area contributed by atoms with Crippen LogP contribution in [0.1, 0.15) is 15.9 Å².